The zero-order valence-electron chi connectivity index (χ0n) is 28.4. The topological polar surface area (TPSA) is 3.24 Å². The summed E-state index contributed by atoms with van der Waals surface area (Å²) < 4.78 is 2.60. The molecule has 0 aliphatic carbocycles. The van der Waals surface area contributed by atoms with E-state index in [0.29, 0.717) is 0 Å². The van der Waals surface area contributed by atoms with Gasteiger partial charge in [-0.1, -0.05) is 176 Å². The average Bonchev–Trinajstić information content (AvgIpc) is 3.63. The Morgan fingerprint density at radius 2 is 0.712 bits per heavy atom. The first kappa shape index (κ1) is 30.4. The lowest BCUT2D eigenvalue weighted by Crippen LogP contribution is -2.11. The van der Waals surface area contributed by atoms with E-state index in [2.05, 4.69) is 205 Å². The first-order valence-corrected chi connectivity index (χ1v) is 18.6. The first-order chi connectivity index (χ1) is 25.8. The second-order valence-electron chi connectivity index (χ2n) is 13.3. The summed E-state index contributed by atoms with van der Waals surface area (Å²) in [5, 5.41) is 7.80. The minimum Gasteiger partial charge on any atom is -0.308 e. The summed E-state index contributed by atoms with van der Waals surface area (Å²) in [5.74, 6) is 0. The van der Waals surface area contributed by atoms with Crippen LogP contribution >= 0.6 is 11.3 Å². The highest BCUT2D eigenvalue weighted by molar-refractivity contribution is 7.27. The molecule has 0 N–H and O–H groups in total. The van der Waals surface area contributed by atoms with E-state index < -0.39 is 0 Å². The zero-order valence-corrected chi connectivity index (χ0v) is 29.2. The molecule has 0 radical (unpaired) electrons. The Kier molecular flexibility index (Phi) is 7.41. The van der Waals surface area contributed by atoms with Crippen LogP contribution in [0.3, 0.4) is 0 Å². The van der Waals surface area contributed by atoms with Gasteiger partial charge in [0.15, 0.2) is 0 Å². The molecule has 10 rings (SSSR count). The van der Waals surface area contributed by atoms with Crippen LogP contribution in [-0.2, 0) is 0 Å². The predicted octanol–water partition coefficient (Wildman–Crippen LogP) is 14.8. The summed E-state index contributed by atoms with van der Waals surface area (Å²) in [6.45, 7) is 0. The number of thiophene rings is 1. The molecule has 1 nitrogen and oxygen atoms in total. The lowest BCUT2D eigenvalue weighted by atomic mass is 9.95. The maximum Gasteiger partial charge on any atom is 0.0718 e. The molecule has 244 valence electrons. The van der Waals surface area contributed by atoms with Crippen molar-refractivity contribution < 1.29 is 0 Å². The maximum atomic E-state index is 2.48. The molecule has 0 aliphatic heterocycles. The van der Waals surface area contributed by atoms with Crippen LogP contribution in [0.15, 0.2) is 200 Å². The van der Waals surface area contributed by atoms with Crippen molar-refractivity contribution in [3.05, 3.63) is 200 Å². The molecule has 0 unspecified atom stereocenters. The molecule has 0 fully saturated rings. The van der Waals surface area contributed by atoms with Gasteiger partial charge in [0.05, 0.1) is 10.4 Å². The van der Waals surface area contributed by atoms with Gasteiger partial charge in [-0.3, -0.25) is 0 Å². The molecule has 1 aromatic heterocycles. The molecule has 0 saturated heterocycles. The number of fused-ring (bicyclic) bond motifs is 8. The lowest BCUT2D eigenvalue weighted by Gasteiger charge is -2.29. The van der Waals surface area contributed by atoms with Gasteiger partial charge < -0.3 is 4.90 Å². The van der Waals surface area contributed by atoms with Crippen molar-refractivity contribution in [1.29, 1.82) is 0 Å². The molecule has 0 atom stereocenters. The molecule has 1 heterocycles. The fourth-order valence-corrected chi connectivity index (χ4v) is 9.19. The van der Waals surface area contributed by atoms with Crippen molar-refractivity contribution in [2.24, 2.45) is 0 Å². The molecule has 10 aromatic rings. The summed E-state index contributed by atoms with van der Waals surface area (Å²) in [5.41, 5.74) is 10.6. The Bertz CT molecular complexity index is 2770. The van der Waals surface area contributed by atoms with Crippen molar-refractivity contribution >= 4 is 70.1 Å². The fourth-order valence-electron chi connectivity index (χ4n) is 7.80. The van der Waals surface area contributed by atoms with Crippen LogP contribution in [0.25, 0.3) is 75.1 Å². The molecule has 0 saturated carbocycles. The van der Waals surface area contributed by atoms with E-state index in [0.717, 1.165) is 11.4 Å². The molecule has 0 spiro atoms. The smallest absolute Gasteiger partial charge is 0.0718 e. The highest BCUT2D eigenvalue weighted by Crippen LogP contribution is 2.52. The molecule has 0 aliphatic rings. The fraction of sp³-hybridized carbons (Fsp3) is 0. The quantitative estimate of drug-likeness (QED) is 0.158. The normalized spacial score (nSPS) is 11.5. The number of hydrogen-bond acceptors (Lipinski definition) is 2. The Morgan fingerprint density at radius 3 is 1.25 bits per heavy atom. The van der Waals surface area contributed by atoms with E-state index >= 15 is 0 Å². The Labute approximate surface area is 307 Å². The second-order valence-corrected chi connectivity index (χ2v) is 14.3. The summed E-state index contributed by atoms with van der Waals surface area (Å²) in [6, 6.07) is 72.7. The van der Waals surface area contributed by atoms with Crippen LogP contribution in [0, 0.1) is 0 Å². The minimum atomic E-state index is 1.11. The molecule has 52 heavy (non-hydrogen) atoms. The summed E-state index contributed by atoms with van der Waals surface area (Å²) >= 11 is 1.92. The number of anilines is 3. The molecule has 0 bridgehead atoms. The second kappa shape index (κ2) is 12.7. The highest BCUT2D eigenvalue weighted by Gasteiger charge is 2.24. The SMILES string of the molecule is c1ccc(-c2ccc(N(c3ccc(-c4ccccc4)cc3)c3c(-c4ccccc4)ccc4c3sc3c5ccccc5c5ccccc5c43)cc2)cc1. The standard InChI is InChI=1S/C50H33NS/c1-4-14-34(15-5-1)36-24-28-39(29-25-36)51(40-30-26-37(27-31-40)35-16-6-2-7-17-35)48-41(38-18-8-3-9-19-38)32-33-46-47-44-22-12-10-20-42(44)43-21-11-13-23-45(43)49(47)52-50(46)48/h1-33H. The van der Waals surface area contributed by atoms with Gasteiger partial charge in [-0.05, 0) is 68.2 Å². The lowest BCUT2D eigenvalue weighted by molar-refractivity contribution is 1.30. The van der Waals surface area contributed by atoms with Crippen molar-refractivity contribution in [3.63, 3.8) is 0 Å². The number of rotatable bonds is 6. The van der Waals surface area contributed by atoms with E-state index in [1.807, 2.05) is 11.3 Å². The Hall–Kier alpha value is -6.48. The monoisotopic (exact) mass is 679 g/mol. The molecule has 9 aromatic carbocycles. The van der Waals surface area contributed by atoms with Gasteiger partial charge in [0.1, 0.15) is 0 Å². The van der Waals surface area contributed by atoms with Gasteiger partial charge in [-0.2, -0.15) is 0 Å². The maximum absolute atomic E-state index is 2.48. The van der Waals surface area contributed by atoms with Gasteiger partial charge in [-0.25, -0.2) is 0 Å². The summed E-state index contributed by atoms with van der Waals surface area (Å²) in [4.78, 5) is 2.48. The number of benzene rings is 9. The van der Waals surface area contributed by atoms with Gasteiger partial charge in [-0.15, -0.1) is 11.3 Å². The first-order valence-electron chi connectivity index (χ1n) is 17.8. The number of hydrogen-bond donors (Lipinski definition) is 0. The van der Waals surface area contributed by atoms with E-state index in [9.17, 15) is 0 Å². The molecule has 0 amide bonds. The van der Waals surface area contributed by atoms with Gasteiger partial charge in [0.2, 0.25) is 0 Å². The van der Waals surface area contributed by atoms with Crippen molar-refractivity contribution in [2.45, 2.75) is 0 Å². The van der Waals surface area contributed by atoms with Crippen LogP contribution < -0.4 is 4.90 Å². The zero-order chi connectivity index (χ0) is 34.4. The predicted molar refractivity (Wildman–Crippen MR) is 225 cm³/mol. The van der Waals surface area contributed by atoms with E-state index in [-0.39, 0.29) is 0 Å². The molecular formula is C50H33NS. The van der Waals surface area contributed by atoms with Crippen molar-refractivity contribution in [3.8, 4) is 33.4 Å². The minimum absolute atomic E-state index is 1.11. The Morgan fingerprint density at radius 1 is 0.288 bits per heavy atom. The highest BCUT2D eigenvalue weighted by atomic mass is 32.1. The van der Waals surface area contributed by atoms with Crippen LogP contribution in [0.2, 0.25) is 0 Å². The third-order valence-corrected chi connectivity index (χ3v) is 11.5. The molecular weight excluding hydrogens is 647 g/mol. The largest absolute Gasteiger partial charge is 0.308 e. The van der Waals surface area contributed by atoms with E-state index in [1.54, 1.807) is 0 Å². The van der Waals surface area contributed by atoms with Gasteiger partial charge >= 0.3 is 0 Å². The van der Waals surface area contributed by atoms with Crippen LogP contribution in [-0.4, -0.2) is 0 Å². The van der Waals surface area contributed by atoms with Crippen molar-refractivity contribution in [1.82, 2.24) is 0 Å². The Balaban J connectivity index is 1.29. The summed E-state index contributed by atoms with van der Waals surface area (Å²) in [7, 11) is 0. The number of nitrogens with zero attached hydrogens (tertiary/aromatic N) is 1. The molecule has 2 heteroatoms. The third-order valence-electron chi connectivity index (χ3n) is 10.3. The van der Waals surface area contributed by atoms with Crippen LogP contribution in [0.1, 0.15) is 0 Å². The van der Waals surface area contributed by atoms with Crippen molar-refractivity contribution in [2.75, 3.05) is 4.90 Å². The van der Waals surface area contributed by atoms with E-state index in [4.69, 9.17) is 0 Å². The third kappa shape index (κ3) is 5.07. The van der Waals surface area contributed by atoms with Crippen LogP contribution in [0.4, 0.5) is 17.1 Å². The average molecular weight is 680 g/mol. The van der Waals surface area contributed by atoms with Crippen LogP contribution in [0.5, 0.6) is 0 Å². The van der Waals surface area contributed by atoms with Gasteiger partial charge in [0, 0.05) is 37.8 Å². The summed E-state index contributed by atoms with van der Waals surface area (Å²) in [6.07, 6.45) is 0. The van der Waals surface area contributed by atoms with E-state index in [1.165, 1.54) is 80.8 Å². The van der Waals surface area contributed by atoms with Gasteiger partial charge in [0.25, 0.3) is 0 Å².